The molecule has 149 valence electrons. The monoisotopic (exact) mass is 597 g/mol. The van der Waals surface area contributed by atoms with Crippen LogP contribution >= 0.6 is 17.2 Å². The maximum atomic E-state index is 6.82. The summed E-state index contributed by atoms with van der Waals surface area (Å²) in [6, 6.07) is 0. The van der Waals surface area contributed by atoms with Crippen LogP contribution in [0.4, 0.5) is 0 Å². The van der Waals surface area contributed by atoms with E-state index in [4.69, 9.17) is 17.2 Å². The van der Waals surface area contributed by atoms with Crippen LogP contribution in [0.15, 0.2) is 67.1 Å². The van der Waals surface area contributed by atoms with Crippen LogP contribution in [0, 0.1) is 11.8 Å². The van der Waals surface area contributed by atoms with Crippen LogP contribution in [0.2, 0.25) is 13.1 Å². The van der Waals surface area contributed by atoms with Gasteiger partial charge in [0.15, 0.2) is 0 Å². The molecular weight excluding hydrogens is 566 g/mol. The molecule has 0 saturated heterocycles. The summed E-state index contributed by atoms with van der Waals surface area (Å²) in [6.45, 7) is 14.1. The van der Waals surface area contributed by atoms with Crippen molar-refractivity contribution in [1.82, 2.24) is 0 Å². The van der Waals surface area contributed by atoms with E-state index >= 15 is 0 Å². The molecule has 3 aliphatic rings. The van der Waals surface area contributed by atoms with Crippen molar-refractivity contribution in [2.24, 2.45) is 11.8 Å². The van der Waals surface area contributed by atoms with Crippen LogP contribution in [0.25, 0.3) is 0 Å². The molecule has 0 bridgehead atoms. The van der Waals surface area contributed by atoms with Crippen molar-refractivity contribution >= 4 is 30.7 Å². The molecule has 3 rings (SSSR count). The quantitative estimate of drug-likeness (QED) is 0.284. The van der Waals surface area contributed by atoms with Gasteiger partial charge in [-0.25, -0.2) is 0 Å². The normalized spacial score (nSPS) is 24.3. The second-order valence-electron chi connectivity index (χ2n) is 8.37. The molecule has 0 nitrogen and oxygen atoms in total. The van der Waals surface area contributed by atoms with Gasteiger partial charge >= 0.3 is 189 Å². The van der Waals surface area contributed by atoms with E-state index in [-0.39, 0.29) is 0 Å². The van der Waals surface area contributed by atoms with Crippen molar-refractivity contribution in [1.29, 1.82) is 0 Å². The molecule has 0 heterocycles. The Morgan fingerprint density at radius 1 is 1.11 bits per heavy atom. The Morgan fingerprint density at radius 3 is 2.36 bits per heavy atom. The Bertz CT molecular complexity index is 890. The van der Waals surface area contributed by atoms with E-state index in [1.807, 2.05) is 0 Å². The fourth-order valence-electron chi connectivity index (χ4n) is 4.88. The van der Waals surface area contributed by atoms with Crippen molar-refractivity contribution in [2.75, 3.05) is 0 Å². The van der Waals surface area contributed by atoms with E-state index in [0.717, 1.165) is 6.42 Å². The van der Waals surface area contributed by atoms with Gasteiger partial charge < -0.3 is 0 Å². The van der Waals surface area contributed by atoms with E-state index in [1.165, 1.54) is 49.6 Å². The SMILES string of the molecule is CCCCC1=[C]([Hf]([Cl])[Cl])C2=CC=CC(=[Si](C)C)C(C)C2=C1C1=C(C)C=CC1C. The van der Waals surface area contributed by atoms with Crippen molar-refractivity contribution in [3.8, 4) is 0 Å². The van der Waals surface area contributed by atoms with E-state index in [9.17, 15) is 0 Å². The van der Waals surface area contributed by atoms with Gasteiger partial charge in [0.2, 0.25) is 0 Å². The van der Waals surface area contributed by atoms with Crippen LogP contribution in [-0.4, -0.2) is 13.6 Å². The number of unbranched alkanes of at least 4 members (excludes halogenated alkanes) is 1. The summed E-state index contributed by atoms with van der Waals surface area (Å²) in [5, 5.41) is 1.60. The molecule has 0 aromatic carbocycles. The number of rotatable bonds is 5. The average molecular weight is 597 g/mol. The second-order valence-corrected chi connectivity index (χ2v) is 22.4. The number of fused-ring (bicyclic) bond motifs is 1. The maximum absolute atomic E-state index is 6.82. The third kappa shape index (κ3) is 4.09. The first kappa shape index (κ1) is 22.7. The van der Waals surface area contributed by atoms with E-state index in [1.54, 1.807) is 5.17 Å². The van der Waals surface area contributed by atoms with Gasteiger partial charge in [0.25, 0.3) is 0 Å². The van der Waals surface area contributed by atoms with Gasteiger partial charge in [0.05, 0.1) is 0 Å². The molecule has 4 heteroatoms. The number of hydrogen-bond donors (Lipinski definition) is 0. The molecular formula is C24H31Cl2HfSi. The zero-order chi connectivity index (χ0) is 20.6. The summed E-state index contributed by atoms with van der Waals surface area (Å²) in [5.41, 5.74) is 8.80. The Hall–Kier alpha value is -0.0230. The molecule has 0 aromatic rings. The topological polar surface area (TPSA) is 0 Å². The number of halogens is 2. The third-order valence-electron chi connectivity index (χ3n) is 6.20. The van der Waals surface area contributed by atoms with Crippen molar-refractivity contribution in [3.63, 3.8) is 0 Å². The minimum absolute atomic E-state index is 0.435. The van der Waals surface area contributed by atoms with E-state index < -0.39 is 27.5 Å². The van der Waals surface area contributed by atoms with Crippen LogP contribution in [0.1, 0.15) is 47.0 Å². The molecule has 0 aromatic heterocycles. The molecule has 0 amide bonds. The number of hydrogen-bond acceptors (Lipinski definition) is 0. The molecule has 2 atom stereocenters. The zero-order valence-electron chi connectivity index (χ0n) is 17.9. The molecule has 0 saturated carbocycles. The van der Waals surface area contributed by atoms with Gasteiger partial charge in [-0.05, 0) is 0 Å². The fraction of sp³-hybridized carbons (Fsp3) is 0.458. The summed E-state index contributed by atoms with van der Waals surface area (Å²) in [4.78, 5) is 0. The third-order valence-corrected chi connectivity index (χ3v) is 14.5. The molecule has 0 fully saturated rings. The summed E-state index contributed by atoms with van der Waals surface area (Å²) < 4.78 is 1.37. The predicted octanol–water partition coefficient (Wildman–Crippen LogP) is 7.83. The minimum atomic E-state index is -2.80. The van der Waals surface area contributed by atoms with Gasteiger partial charge in [0, 0.05) is 0 Å². The first-order valence-electron chi connectivity index (χ1n) is 10.4. The standard InChI is InChI=1S/C24H31Si.2ClH.Hf/c1-7-8-10-20-15-19-11-9-12-21(25(5)6)18(4)23(19)24(20)22-16(2)13-14-17(22)3;;;/h9,11-14,16,18H,7-8,10H2,1-6H3;2*1H;/q;;;+2/p-2. The Labute approximate surface area is 187 Å². The van der Waals surface area contributed by atoms with E-state index in [2.05, 4.69) is 71.2 Å². The predicted molar refractivity (Wildman–Crippen MR) is 125 cm³/mol. The Morgan fingerprint density at radius 2 is 1.82 bits per heavy atom. The molecule has 3 aliphatic carbocycles. The fourth-order valence-corrected chi connectivity index (χ4v) is 13.1. The average Bonchev–Trinajstić information content (AvgIpc) is 3.05. The first-order chi connectivity index (χ1) is 13.3. The van der Waals surface area contributed by atoms with Gasteiger partial charge in [0.1, 0.15) is 0 Å². The summed E-state index contributed by atoms with van der Waals surface area (Å²) >= 11 is -2.80. The summed E-state index contributed by atoms with van der Waals surface area (Å²) in [5.74, 6) is 0.893. The molecule has 2 unspecified atom stereocenters. The van der Waals surface area contributed by atoms with Crippen molar-refractivity contribution in [2.45, 2.75) is 60.1 Å². The molecule has 0 N–H and O–H groups in total. The van der Waals surface area contributed by atoms with Gasteiger partial charge in [-0.15, -0.1) is 0 Å². The number of allylic oxidation sites excluding steroid dienone is 12. The molecule has 28 heavy (non-hydrogen) atoms. The summed E-state index contributed by atoms with van der Waals surface area (Å²) in [7, 11) is 13.1. The van der Waals surface area contributed by atoms with Crippen LogP contribution < -0.4 is 0 Å². The first-order valence-corrected chi connectivity index (χ1v) is 23.6. The van der Waals surface area contributed by atoms with Crippen LogP contribution in [0.5, 0.6) is 0 Å². The van der Waals surface area contributed by atoms with Crippen LogP contribution in [-0.2, 0) is 19.1 Å². The van der Waals surface area contributed by atoms with Crippen LogP contribution in [0.3, 0.4) is 0 Å². The van der Waals surface area contributed by atoms with Gasteiger partial charge in [-0.1, -0.05) is 0 Å². The van der Waals surface area contributed by atoms with Gasteiger partial charge in [-0.3, -0.25) is 0 Å². The summed E-state index contributed by atoms with van der Waals surface area (Å²) in [6.07, 6.45) is 15.1. The molecule has 0 aliphatic heterocycles. The van der Waals surface area contributed by atoms with Crippen molar-refractivity contribution in [3.05, 3.63) is 67.1 Å². The molecule has 0 radical (unpaired) electrons. The van der Waals surface area contributed by atoms with E-state index in [0.29, 0.717) is 11.8 Å². The van der Waals surface area contributed by atoms with Crippen molar-refractivity contribution < 1.29 is 19.1 Å². The van der Waals surface area contributed by atoms with Gasteiger partial charge in [-0.2, -0.15) is 0 Å². The molecule has 0 spiro atoms. The Balaban J connectivity index is 2.33. The Kier molecular flexibility index (Phi) is 7.62. The zero-order valence-corrected chi connectivity index (χ0v) is 24.0. The second kappa shape index (κ2) is 9.41.